The molecular weight excluding hydrogens is 394 g/mol. The van der Waals surface area contributed by atoms with Crippen molar-refractivity contribution in [1.29, 1.82) is 0 Å². The maximum Gasteiger partial charge on any atom is 0.335 e. The van der Waals surface area contributed by atoms with E-state index in [0.29, 0.717) is 12.8 Å². The number of aliphatic hydroxyl groups is 5. The quantitative estimate of drug-likeness (QED) is 0.217. The zero-order valence-electron chi connectivity index (χ0n) is 16.1. The summed E-state index contributed by atoms with van der Waals surface area (Å²) in [6.07, 6.45) is -12.6. The maximum absolute atomic E-state index is 11.7. The molecule has 168 valence electrons. The molecule has 0 aromatic carbocycles. The number of rotatable bonds is 7. The van der Waals surface area contributed by atoms with Crippen LogP contribution in [-0.2, 0) is 23.8 Å². The molecule has 1 amide bonds. The summed E-state index contributed by atoms with van der Waals surface area (Å²) in [6.45, 7) is 2.56. The van der Waals surface area contributed by atoms with E-state index in [2.05, 4.69) is 5.32 Å². The number of ether oxygens (including phenoxy) is 3. The normalized spacial score (nSPS) is 43.0. The molecule has 2 aliphatic rings. The van der Waals surface area contributed by atoms with Crippen molar-refractivity contribution >= 4 is 11.9 Å². The Morgan fingerprint density at radius 2 is 1.66 bits per heavy atom. The molecule has 0 aromatic rings. The van der Waals surface area contributed by atoms with Gasteiger partial charge in [-0.05, 0) is 6.42 Å². The minimum absolute atomic E-state index is 0.446. The van der Waals surface area contributed by atoms with Crippen molar-refractivity contribution in [3.8, 4) is 0 Å². The SMILES string of the molecule is CCCC1OC(CO)[C@@H](O)C(O[C@@H]2OC(C(=O)O)[C@@H](O)C(O)C2O)C1NC(C)=O. The van der Waals surface area contributed by atoms with Crippen molar-refractivity contribution in [3.63, 3.8) is 0 Å². The Morgan fingerprint density at radius 3 is 2.17 bits per heavy atom. The summed E-state index contributed by atoms with van der Waals surface area (Å²) in [5.74, 6) is -2.04. The van der Waals surface area contributed by atoms with E-state index in [1.807, 2.05) is 6.92 Å². The first kappa shape index (κ1) is 23.9. The summed E-state index contributed by atoms with van der Waals surface area (Å²) >= 11 is 0. The summed E-state index contributed by atoms with van der Waals surface area (Å²) in [7, 11) is 0. The van der Waals surface area contributed by atoms with E-state index in [1.54, 1.807) is 0 Å². The molecule has 0 saturated carbocycles. The third kappa shape index (κ3) is 5.22. The first-order valence-corrected chi connectivity index (χ1v) is 9.41. The Kier molecular flexibility index (Phi) is 8.31. The van der Waals surface area contributed by atoms with Crippen LogP contribution in [0.15, 0.2) is 0 Å². The number of carbonyl (C=O) groups excluding carboxylic acids is 1. The second kappa shape index (κ2) is 10.1. The summed E-state index contributed by atoms with van der Waals surface area (Å²) in [5, 5.41) is 61.8. The number of amides is 1. The molecule has 2 saturated heterocycles. The standard InChI is InChI=1S/C17H29NO11/c1-3-4-7-9(18-6(2)20)14(10(21)8(5-19)27-7)28-17-13(24)11(22)12(23)15(29-17)16(25)26/h7-15,17,19,21-24H,3-5H2,1-2H3,(H,18,20)(H,25,26)/t7?,8?,9?,10-,11?,12+,13?,14?,15?,17-/m1/s1. The van der Waals surface area contributed by atoms with Gasteiger partial charge >= 0.3 is 5.97 Å². The molecule has 12 heteroatoms. The van der Waals surface area contributed by atoms with Crippen LogP contribution in [0.5, 0.6) is 0 Å². The Hall–Kier alpha value is -1.38. The van der Waals surface area contributed by atoms with Crippen molar-refractivity contribution in [2.45, 2.75) is 87.9 Å². The first-order chi connectivity index (χ1) is 13.6. The number of nitrogens with one attached hydrogen (secondary N) is 1. The lowest BCUT2D eigenvalue weighted by Gasteiger charge is -2.47. The van der Waals surface area contributed by atoms with Gasteiger partial charge in [0.05, 0.1) is 18.8 Å². The molecule has 7 unspecified atom stereocenters. The molecule has 10 atom stereocenters. The highest BCUT2D eigenvalue weighted by molar-refractivity contribution is 5.73. The molecule has 0 aliphatic carbocycles. The smallest absolute Gasteiger partial charge is 0.335 e. The summed E-state index contributed by atoms with van der Waals surface area (Å²) in [4.78, 5) is 22.9. The lowest BCUT2D eigenvalue weighted by Crippen LogP contribution is -2.67. The fourth-order valence-electron chi connectivity index (χ4n) is 3.60. The zero-order chi connectivity index (χ0) is 21.9. The van der Waals surface area contributed by atoms with E-state index >= 15 is 0 Å². The number of hydrogen-bond donors (Lipinski definition) is 7. The van der Waals surface area contributed by atoms with E-state index < -0.39 is 79.6 Å². The first-order valence-electron chi connectivity index (χ1n) is 9.41. The molecule has 0 spiro atoms. The van der Waals surface area contributed by atoms with Crippen LogP contribution in [0.4, 0.5) is 0 Å². The average molecular weight is 423 g/mol. The molecule has 2 rings (SSSR count). The molecule has 2 fully saturated rings. The van der Waals surface area contributed by atoms with Crippen molar-refractivity contribution in [2.24, 2.45) is 0 Å². The minimum Gasteiger partial charge on any atom is -0.479 e. The second-order valence-corrected chi connectivity index (χ2v) is 7.24. The van der Waals surface area contributed by atoms with Gasteiger partial charge in [-0.1, -0.05) is 13.3 Å². The van der Waals surface area contributed by atoms with Crippen molar-refractivity contribution < 1.29 is 54.4 Å². The van der Waals surface area contributed by atoms with Crippen molar-refractivity contribution in [2.75, 3.05) is 6.61 Å². The van der Waals surface area contributed by atoms with Crippen LogP contribution in [0.25, 0.3) is 0 Å². The Labute approximate surface area is 167 Å². The molecule has 12 nitrogen and oxygen atoms in total. The molecule has 0 bridgehead atoms. The lowest BCUT2D eigenvalue weighted by molar-refractivity contribution is -0.326. The number of carboxylic acid groups (broad SMARTS) is 1. The number of aliphatic carboxylic acids is 1. The van der Waals surface area contributed by atoms with Gasteiger partial charge in [0.25, 0.3) is 0 Å². The van der Waals surface area contributed by atoms with Crippen LogP contribution in [-0.4, -0.2) is 110 Å². The Balaban J connectivity index is 2.30. The van der Waals surface area contributed by atoms with Gasteiger partial charge in [-0.25, -0.2) is 4.79 Å². The van der Waals surface area contributed by atoms with Crippen LogP contribution in [0, 0.1) is 0 Å². The van der Waals surface area contributed by atoms with Crippen molar-refractivity contribution in [1.82, 2.24) is 5.32 Å². The maximum atomic E-state index is 11.7. The van der Waals surface area contributed by atoms with Gasteiger partial charge in [-0.3, -0.25) is 4.79 Å². The van der Waals surface area contributed by atoms with Gasteiger partial charge < -0.3 is 50.2 Å². The average Bonchev–Trinajstić information content (AvgIpc) is 2.65. The Bertz CT molecular complexity index is 576. The van der Waals surface area contributed by atoms with E-state index in [0.717, 1.165) is 0 Å². The number of carbonyl (C=O) groups is 2. The highest BCUT2D eigenvalue weighted by Gasteiger charge is 2.52. The minimum atomic E-state index is -1.90. The van der Waals surface area contributed by atoms with E-state index in [-0.39, 0.29) is 0 Å². The van der Waals surface area contributed by atoms with Gasteiger partial charge in [0, 0.05) is 6.92 Å². The molecule has 29 heavy (non-hydrogen) atoms. The molecule has 2 heterocycles. The van der Waals surface area contributed by atoms with Gasteiger partial charge in [0.1, 0.15) is 36.6 Å². The second-order valence-electron chi connectivity index (χ2n) is 7.24. The third-order valence-electron chi connectivity index (χ3n) is 5.05. The topological polar surface area (TPSA) is 195 Å². The molecule has 2 aliphatic heterocycles. The van der Waals surface area contributed by atoms with Gasteiger partial charge in [0.2, 0.25) is 5.91 Å². The van der Waals surface area contributed by atoms with E-state index in [1.165, 1.54) is 6.92 Å². The van der Waals surface area contributed by atoms with Crippen LogP contribution in [0.3, 0.4) is 0 Å². The molecule has 7 N–H and O–H groups in total. The highest BCUT2D eigenvalue weighted by Crippen LogP contribution is 2.30. The van der Waals surface area contributed by atoms with E-state index in [4.69, 9.17) is 19.3 Å². The highest BCUT2D eigenvalue weighted by atomic mass is 16.7. The summed E-state index contributed by atoms with van der Waals surface area (Å²) in [6, 6.07) is -0.909. The fraction of sp³-hybridized carbons (Fsp3) is 0.882. The number of hydrogen-bond acceptors (Lipinski definition) is 10. The monoisotopic (exact) mass is 423 g/mol. The zero-order valence-corrected chi connectivity index (χ0v) is 16.1. The predicted octanol–water partition coefficient (Wildman–Crippen LogP) is -3.31. The molecule has 0 aromatic heterocycles. The number of aliphatic hydroxyl groups excluding tert-OH is 5. The van der Waals surface area contributed by atoms with Crippen molar-refractivity contribution in [3.05, 3.63) is 0 Å². The lowest BCUT2D eigenvalue weighted by atomic mass is 9.90. The van der Waals surface area contributed by atoms with Crippen LogP contribution < -0.4 is 5.32 Å². The predicted molar refractivity (Wildman–Crippen MR) is 93.5 cm³/mol. The molecular formula is C17H29NO11. The van der Waals surface area contributed by atoms with Gasteiger partial charge in [-0.2, -0.15) is 0 Å². The largest absolute Gasteiger partial charge is 0.479 e. The fourth-order valence-corrected chi connectivity index (χ4v) is 3.60. The summed E-state index contributed by atoms with van der Waals surface area (Å²) in [5.41, 5.74) is 0. The molecule has 0 radical (unpaired) electrons. The van der Waals surface area contributed by atoms with Crippen LogP contribution >= 0.6 is 0 Å². The number of carboxylic acids is 1. The van der Waals surface area contributed by atoms with Crippen LogP contribution in [0.2, 0.25) is 0 Å². The third-order valence-corrected chi connectivity index (χ3v) is 5.05. The van der Waals surface area contributed by atoms with E-state index in [9.17, 15) is 35.1 Å². The van der Waals surface area contributed by atoms with Gasteiger partial charge in [0.15, 0.2) is 12.4 Å². The van der Waals surface area contributed by atoms with Crippen LogP contribution in [0.1, 0.15) is 26.7 Å². The van der Waals surface area contributed by atoms with Gasteiger partial charge in [-0.15, -0.1) is 0 Å². The summed E-state index contributed by atoms with van der Waals surface area (Å²) < 4.78 is 16.4. The Morgan fingerprint density at radius 1 is 1.00 bits per heavy atom.